The number of hydrogen-bond acceptors (Lipinski definition) is 6. The van der Waals surface area contributed by atoms with Gasteiger partial charge in [-0.15, -0.1) is 0 Å². The van der Waals surface area contributed by atoms with Crippen molar-refractivity contribution in [2.45, 2.75) is 26.3 Å². The van der Waals surface area contributed by atoms with Crippen molar-refractivity contribution in [1.29, 1.82) is 0 Å². The summed E-state index contributed by atoms with van der Waals surface area (Å²) < 4.78 is 18.9. The maximum atomic E-state index is 13.5. The van der Waals surface area contributed by atoms with Crippen LogP contribution in [0.3, 0.4) is 0 Å². The van der Waals surface area contributed by atoms with E-state index in [1.165, 1.54) is 6.07 Å². The summed E-state index contributed by atoms with van der Waals surface area (Å²) in [7, 11) is 0. The topological polar surface area (TPSA) is 58.3 Å². The number of anilines is 1. The number of pyridine rings is 1. The summed E-state index contributed by atoms with van der Waals surface area (Å²) in [6, 6.07) is 10.7. The lowest BCUT2D eigenvalue weighted by Gasteiger charge is -2.24. The average molecular weight is 381 g/mol. The predicted molar refractivity (Wildman–Crippen MR) is 105 cm³/mol. The lowest BCUT2D eigenvalue weighted by Crippen LogP contribution is -2.31. The van der Waals surface area contributed by atoms with E-state index in [2.05, 4.69) is 24.9 Å². The van der Waals surface area contributed by atoms with Crippen LogP contribution in [0.5, 0.6) is 0 Å². The quantitative estimate of drug-likeness (QED) is 0.674. The lowest BCUT2D eigenvalue weighted by atomic mass is 10.2. The third-order valence-corrected chi connectivity index (χ3v) is 4.98. The van der Waals surface area contributed by atoms with E-state index in [0.29, 0.717) is 11.7 Å². The van der Waals surface area contributed by atoms with Crippen molar-refractivity contribution in [3.63, 3.8) is 0 Å². The van der Waals surface area contributed by atoms with Crippen LogP contribution in [0.1, 0.15) is 24.7 Å². The van der Waals surface area contributed by atoms with E-state index in [9.17, 15) is 4.39 Å². The second kappa shape index (κ2) is 8.48. The number of benzene rings is 1. The molecule has 0 saturated carbocycles. The minimum Gasteiger partial charge on any atom is -0.355 e. The van der Waals surface area contributed by atoms with E-state index >= 15 is 0 Å². The van der Waals surface area contributed by atoms with E-state index < -0.39 is 0 Å². The van der Waals surface area contributed by atoms with Crippen molar-refractivity contribution >= 4 is 5.82 Å². The molecule has 2 aromatic heterocycles. The van der Waals surface area contributed by atoms with Gasteiger partial charge < -0.3 is 9.42 Å². The summed E-state index contributed by atoms with van der Waals surface area (Å²) in [4.78, 5) is 13.7. The Morgan fingerprint density at radius 3 is 2.86 bits per heavy atom. The molecular weight excluding hydrogens is 357 g/mol. The third kappa shape index (κ3) is 4.20. The molecule has 28 heavy (non-hydrogen) atoms. The van der Waals surface area contributed by atoms with Crippen LogP contribution in [0.15, 0.2) is 47.1 Å². The fourth-order valence-corrected chi connectivity index (χ4v) is 3.56. The zero-order chi connectivity index (χ0) is 19.3. The predicted octanol–water partition coefficient (Wildman–Crippen LogP) is 3.55. The molecule has 0 unspecified atom stereocenters. The highest BCUT2D eigenvalue weighted by molar-refractivity contribution is 5.69. The molecule has 0 atom stereocenters. The normalized spacial score (nSPS) is 15.6. The average Bonchev–Trinajstić information content (AvgIpc) is 3.08. The first-order valence-corrected chi connectivity index (χ1v) is 9.72. The van der Waals surface area contributed by atoms with Gasteiger partial charge in [0.1, 0.15) is 11.6 Å². The van der Waals surface area contributed by atoms with Gasteiger partial charge in [-0.05, 0) is 36.2 Å². The molecule has 0 spiro atoms. The Bertz CT molecular complexity index is 928. The van der Waals surface area contributed by atoms with Crippen molar-refractivity contribution in [3.8, 4) is 11.5 Å². The molecule has 3 aromatic rings. The molecule has 1 aromatic carbocycles. The molecule has 0 N–H and O–H groups in total. The summed E-state index contributed by atoms with van der Waals surface area (Å²) in [5.41, 5.74) is 1.87. The number of halogens is 1. The molecule has 0 radical (unpaired) electrons. The van der Waals surface area contributed by atoms with Gasteiger partial charge in [-0.3, -0.25) is 4.90 Å². The van der Waals surface area contributed by atoms with Gasteiger partial charge in [0.25, 0.3) is 5.89 Å². The smallest absolute Gasteiger partial charge is 0.261 e. The molecule has 0 aliphatic carbocycles. The fourth-order valence-electron chi connectivity index (χ4n) is 3.56. The Labute approximate surface area is 164 Å². The van der Waals surface area contributed by atoms with Gasteiger partial charge in [-0.25, -0.2) is 9.37 Å². The van der Waals surface area contributed by atoms with E-state index in [1.807, 2.05) is 25.1 Å². The van der Waals surface area contributed by atoms with Crippen LogP contribution in [0.4, 0.5) is 10.2 Å². The van der Waals surface area contributed by atoms with Crippen LogP contribution in [0, 0.1) is 5.82 Å². The molecule has 146 valence electrons. The second-order valence-corrected chi connectivity index (χ2v) is 6.99. The van der Waals surface area contributed by atoms with Crippen molar-refractivity contribution in [2.75, 3.05) is 31.1 Å². The van der Waals surface area contributed by atoms with Gasteiger partial charge in [0.15, 0.2) is 5.82 Å². The van der Waals surface area contributed by atoms with Crippen molar-refractivity contribution in [1.82, 2.24) is 20.0 Å². The summed E-state index contributed by atoms with van der Waals surface area (Å²) in [5.74, 6) is 1.90. The van der Waals surface area contributed by atoms with E-state index in [-0.39, 0.29) is 5.82 Å². The Hall–Kier alpha value is -2.80. The van der Waals surface area contributed by atoms with Crippen molar-refractivity contribution < 1.29 is 8.91 Å². The Morgan fingerprint density at radius 2 is 2.04 bits per heavy atom. The summed E-state index contributed by atoms with van der Waals surface area (Å²) in [5, 5.41) is 4.01. The lowest BCUT2D eigenvalue weighted by molar-refractivity contribution is 0.285. The molecule has 0 bridgehead atoms. The highest BCUT2D eigenvalue weighted by atomic mass is 19.1. The van der Waals surface area contributed by atoms with Crippen LogP contribution in [0.25, 0.3) is 11.5 Å². The van der Waals surface area contributed by atoms with Crippen LogP contribution in [0.2, 0.25) is 0 Å². The Kier molecular flexibility index (Phi) is 5.62. The Balaban J connectivity index is 1.49. The van der Waals surface area contributed by atoms with Crippen LogP contribution >= 0.6 is 0 Å². The SMILES string of the molecule is CCc1noc(-c2cccnc2N2CCCN(Cc3cccc(F)c3)CC2)n1. The molecular formula is C21H24FN5O. The number of nitrogens with zero attached hydrogens (tertiary/aromatic N) is 5. The summed E-state index contributed by atoms with van der Waals surface area (Å²) in [6.07, 6.45) is 3.54. The number of aryl methyl sites for hydroxylation is 1. The minimum absolute atomic E-state index is 0.182. The van der Waals surface area contributed by atoms with Gasteiger partial charge in [-0.2, -0.15) is 4.98 Å². The largest absolute Gasteiger partial charge is 0.355 e. The fraction of sp³-hybridized carbons (Fsp3) is 0.381. The molecule has 4 rings (SSSR count). The Morgan fingerprint density at radius 1 is 1.11 bits per heavy atom. The minimum atomic E-state index is -0.182. The molecule has 1 saturated heterocycles. The molecule has 0 amide bonds. The summed E-state index contributed by atoms with van der Waals surface area (Å²) >= 11 is 0. The van der Waals surface area contributed by atoms with Crippen molar-refractivity contribution in [3.05, 3.63) is 59.8 Å². The highest BCUT2D eigenvalue weighted by Crippen LogP contribution is 2.28. The molecule has 3 heterocycles. The highest BCUT2D eigenvalue weighted by Gasteiger charge is 2.21. The van der Waals surface area contributed by atoms with Gasteiger partial charge in [0.2, 0.25) is 0 Å². The van der Waals surface area contributed by atoms with Crippen molar-refractivity contribution in [2.24, 2.45) is 0 Å². The molecule has 7 heteroatoms. The summed E-state index contributed by atoms with van der Waals surface area (Å²) in [6.45, 7) is 6.35. The van der Waals surface area contributed by atoms with E-state index in [4.69, 9.17) is 4.52 Å². The maximum Gasteiger partial charge on any atom is 0.261 e. The van der Waals surface area contributed by atoms with Gasteiger partial charge >= 0.3 is 0 Å². The second-order valence-electron chi connectivity index (χ2n) is 6.99. The van der Waals surface area contributed by atoms with E-state index in [1.54, 1.807) is 18.3 Å². The number of aromatic nitrogens is 3. The van der Waals surface area contributed by atoms with Gasteiger partial charge in [0.05, 0.1) is 5.56 Å². The van der Waals surface area contributed by atoms with Gasteiger partial charge in [-0.1, -0.05) is 24.2 Å². The number of rotatable bonds is 5. The maximum absolute atomic E-state index is 13.5. The monoisotopic (exact) mass is 381 g/mol. The number of hydrogen-bond donors (Lipinski definition) is 0. The zero-order valence-corrected chi connectivity index (χ0v) is 16.0. The molecule has 1 aliphatic rings. The van der Waals surface area contributed by atoms with Gasteiger partial charge in [0, 0.05) is 45.3 Å². The molecule has 1 aliphatic heterocycles. The first-order chi connectivity index (χ1) is 13.7. The first kappa shape index (κ1) is 18.6. The molecule has 6 nitrogen and oxygen atoms in total. The van der Waals surface area contributed by atoms with Crippen LogP contribution in [-0.2, 0) is 13.0 Å². The van der Waals surface area contributed by atoms with Crippen LogP contribution in [-0.4, -0.2) is 46.2 Å². The van der Waals surface area contributed by atoms with E-state index in [0.717, 1.165) is 62.5 Å². The zero-order valence-electron chi connectivity index (χ0n) is 16.0. The molecule has 1 fully saturated rings. The standard InChI is InChI=1S/C21H24FN5O/c1-2-19-24-21(28-25-19)18-8-4-9-23-20(18)27-11-5-10-26(12-13-27)15-16-6-3-7-17(22)14-16/h3-4,6-9,14H,2,5,10-13,15H2,1H3. The third-order valence-electron chi connectivity index (χ3n) is 4.98. The van der Waals surface area contributed by atoms with Crippen LogP contribution < -0.4 is 4.90 Å². The first-order valence-electron chi connectivity index (χ1n) is 9.72.